The molecule has 0 saturated carbocycles. The van der Waals surface area contributed by atoms with Crippen LogP contribution in [0.2, 0.25) is 0 Å². The zero-order valence-electron chi connectivity index (χ0n) is 11.8. The van der Waals surface area contributed by atoms with E-state index in [4.69, 9.17) is 9.52 Å². The highest BCUT2D eigenvalue weighted by Gasteiger charge is 2.21. The van der Waals surface area contributed by atoms with Gasteiger partial charge >= 0.3 is 5.97 Å². The Bertz CT molecular complexity index is 636. The van der Waals surface area contributed by atoms with E-state index in [0.29, 0.717) is 5.89 Å². The minimum Gasteiger partial charge on any atom is -0.481 e. The van der Waals surface area contributed by atoms with Crippen LogP contribution in [-0.2, 0) is 4.79 Å². The molecule has 1 aromatic heterocycles. The van der Waals surface area contributed by atoms with Gasteiger partial charge in [0.05, 0.1) is 5.92 Å². The van der Waals surface area contributed by atoms with E-state index >= 15 is 0 Å². The van der Waals surface area contributed by atoms with Gasteiger partial charge in [-0.25, -0.2) is 4.98 Å². The number of carboxylic acid groups (broad SMARTS) is 1. The third-order valence-corrected chi connectivity index (χ3v) is 3.06. The van der Waals surface area contributed by atoms with Gasteiger partial charge < -0.3 is 14.4 Å². The predicted octanol–water partition coefficient (Wildman–Crippen LogP) is 2.13. The third kappa shape index (κ3) is 3.47. The molecule has 0 fully saturated rings. The fourth-order valence-corrected chi connectivity index (χ4v) is 1.85. The van der Waals surface area contributed by atoms with Gasteiger partial charge in [-0.3, -0.25) is 9.59 Å². The molecule has 6 heteroatoms. The molecule has 6 nitrogen and oxygen atoms in total. The molecule has 0 radical (unpaired) electrons. The molecular formula is C15H16N2O4. The van der Waals surface area contributed by atoms with Gasteiger partial charge in [0, 0.05) is 19.2 Å². The second-order valence-corrected chi connectivity index (χ2v) is 4.83. The molecule has 1 N–H and O–H groups in total. The number of nitrogens with zero attached hydrogens (tertiary/aromatic N) is 2. The third-order valence-electron chi connectivity index (χ3n) is 3.06. The average Bonchev–Trinajstić information content (AvgIpc) is 2.96. The second-order valence-electron chi connectivity index (χ2n) is 4.83. The Morgan fingerprint density at radius 2 is 2.00 bits per heavy atom. The Balaban J connectivity index is 2.10. The highest BCUT2D eigenvalue weighted by atomic mass is 16.4. The van der Waals surface area contributed by atoms with Crippen LogP contribution < -0.4 is 0 Å². The first kappa shape index (κ1) is 14.8. The zero-order valence-corrected chi connectivity index (χ0v) is 11.8. The summed E-state index contributed by atoms with van der Waals surface area (Å²) in [6, 6.07) is 9.23. The van der Waals surface area contributed by atoms with Crippen molar-refractivity contribution >= 4 is 11.9 Å². The number of carboxylic acids is 1. The highest BCUT2D eigenvalue weighted by molar-refractivity contribution is 5.92. The lowest BCUT2D eigenvalue weighted by Gasteiger charge is -2.17. The van der Waals surface area contributed by atoms with Crippen LogP contribution in [0.5, 0.6) is 0 Å². The average molecular weight is 288 g/mol. The number of oxazole rings is 1. The Kier molecular flexibility index (Phi) is 4.37. The van der Waals surface area contributed by atoms with Gasteiger partial charge in [0.15, 0.2) is 5.69 Å². The lowest BCUT2D eigenvalue weighted by Crippen LogP contribution is -2.33. The molecule has 1 aromatic carbocycles. The van der Waals surface area contributed by atoms with Crippen LogP contribution in [0.1, 0.15) is 17.4 Å². The smallest absolute Gasteiger partial charge is 0.308 e. The molecule has 0 aliphatic carbocycles. The number of hydrogen-bond donors (Lipinski definition) is 1. The van der Waals surface area contributed by atoms with Gasteiger partial charge in [0.1, 0.15) is 6.26 Å². The minimum absolute atomic E-state index is 0.113. The van der Waals surface area contributed by atoms with Crippen molar-refractivity contribution in [3.05, 3.63) is 42.3 Å². The number of rotatable bonds is 5. The first-order valence-electron chi connectivity index (χ1n) is 6.48. The van der Waals surface area contributed by atoms with Crippen LogP contribution >= 0.6 is 0 Å². The molecule has 21 heavy (non-hydrogen) atoms. The summed E-state index contributed by atoms with van der Waals surface area (Å²) in [5.41, 5.74) is 0.937. The Morgan fingerprint density at radius 1 is 1.33 bits per heavy atom. The van der Waals surface area contributed by atoms with Crippen LogP contribution in [-0.4, -0.2) is 40.5 Å². The van der Waals surface area contributed by atoms with E-state index in [1.165, 1.54) is 11.2 Å². The SMILES string of the molecule is C[C@H](CN(C)C(=O)c1coc(-c2ccccc2)n1)C(=O)O. The topological polar surface area (TPSA) is 83.6 Å². The van der Waals surface area contributed by atoms with Gasteiger partial charge in [0.2, 0.25) is 5.89 Å². The van der Waals surface area contributed by atoms with Gasteiger partial charge in [-0.1, -0.05) is 25.1 Å². The summed E-state index contributed by atoms with van der Waals surface area (Å²) in [6.45, 7) is 1.66. The van der Waals surface area contributed by atoms with Crippen LogP contribution in [0.25, 0.3) is 11.5 Å². The molecule has 110 valence electrons. The molecule has 0 bridgehead atoms. The van der Waals surface area contributed by atoms with E-state index in [1.807, 2.05) is 30.3 Å². The van der Waals surface area contributed by atoms with Crippen molar-refractivity contribution in [1.82, 2.24) is 9.88 Å². The van der Waals surface area contributed by atoms with E-state index in [0.717, 1.165) is 5.56 Å². The fourth-order valence-electron chi connectivity index (χ4n) is 1.85. The molecule has 0 spiro atoms. The van der Waals surface area contributed by atoms with Gasteiger partial charge in [0.25, 0.3) is 5.91 Å². The summed E-state index contributed by atoms with van der Waals surface area (Å²) >= 11 is 0. The first-order chi connectivity index (χ1) is 9.99. The van der Waals surface area contributed by atoms with Crippen LogP contribution in [0, 0.1) is 5.92 Å². The quantitative estimate of drug-likeness (QED) is 0.911. The molecule has 0 saturated heterocycles. The first-order valence-corrected chi connectivity index (χ1v) is 6.48. The summed E-state index contributed by atoms with van der Waals surface area (Å²) in [7, 11) is 1.54. The largest absolute Gasteiger partial charge is 0.481 e. The second kappa shape index (κ2) is 6.21. The molecule has 1 amide bonds. The number of amides is 1. The number of benzene rings is 1. The Labute approximate surface area is 122 Å². The molecule has 1 atom stereocenters. The van der Waals surface area contributed by atoms with Crippen molar-refractivity contribution in [1.29, 1.82) is 0 Å². The maximum atomic E-state index is 12.2. The molecule has 0 aliphatic heterocycles. The Hall–Kier alpha value is -2.63. The van der Waals surface area contributed by atoms with Crippen molar-refractivity contribution in [2.75, 3.05) is 13.6 Å². The molecule has 1 heterocycles. The molecule has 2 aromatic rings. The predicted molar refractivity (Wildman–Crippen MR) is 75.7 cm³/mol. The van der Waals surface area contributed by atoms with E-state index in [2.05, 4.69) is 4.98 Å². The van der Waals surface area contributed by atoms with Crippen LogP contribution in [0.3, 0.4) is 0 Å². The Morgan fingerprint density at radius 3 is 2.62 bits per heavy atom. The van der Waals surface area contributed by atoms with Gasteiger partial charge in [-0.2, -0.15) is 0 Å². The molecule has 2 rings (SSSR count). The minimum atomic E-state index is -0.945. The lowest BCUT2D eigenvalue weighted by atomic mass is 10.2. The lowest BCUT2D eigenvalue weighted by molar-refractivity contribution is -0.141. The summed E-state index contributed by atoms with van der Waals surface area (Å²) in [4.78, 5) is 28.4. The van der Waals surface area contributed by atoms with E-state index in [9.17, 15) is 9.59 Å². The monoisotopic (exact) mass is 288 g/mol. The molecule has 0 unspecified atom stereocenters. The maximum Gasteiger partial charge on any atom is 0.308 e. The zero-order chi connectivity index (χ0) is 15.4. The van der Waals surface area contributed by atoms with Gasteiger partial charge in [-0.05, 0) is 12.1 Å². The standard InChI is InChI=1S/C15H16N2O4/c1-10(15(19)20)8-17(2)14(18)12-9-21-13(16-12)11-6-4-3-5-7-11/h3-7,9-10H,8H2,1-2H3,(H,19,20)/t10-/m1/s1. The summed E-state index contributed by atoms with van der Waals surface area (Å²) in [5, 5.41) is 8.86. The van der Waals surface area contributed by atoms with Crippen molar-refractivity contribution < 1.29 is 19.1 Å². The number of carbonyl (C=O) groups is 2. The van der Waals surface area contributed by atoms with Crippen molar-refractivity contribution in [3.63, 3.8) is 0 Å². The van der Waals surface area contributed by atoms with Crippen molar-refractivity contribution in [2.45, 2.75) is 6.92 Å². The number of carbonyl (C=O) groups excluding carboxylic acids is 1. The van der Waals surface area contributed by atoms with E-state index in [-0.39, 0.29) is 18.1 Å². The maximum absolute atomic E-state index is 12.2. The summed E-state index contributed by atoms with van der Waals surface area (Å²) in [6.07, 6.45) is 1.28. The summed E-state index contributed by atoms with van der Waals surface area (Å²) in [5.74, 6) is -1.59. The highest BCUT2D eigenvalue weighted by Crippen LogP contribution is 2.18. The van der Waals surface area contributed by atoms with Crippen LogP contribution in [0.15, 0.2) is 41.0 Å². The normalized spacial score (nSPS) is 11.9. The number of aromatic nitrogens is 1. The van der Waals surface area contributed by atoms with Gasteiger partial charge in [-0.15, -0.1) is 0 Å². The van der Waals surface area contributed by atoms with E-state index in [1.54, 1.807) is 14.0 Å². The van der Waals surface area contributed by atoms with Crippen molar-refractivity contribution in [2.24, 2.45) is 5.92 Å². The molecular weight excluding hydrogens is 272 g/mol. The number of aliphatic carboxylic acids is 1. The van der Waals surface area contributed by atoms with Crippen LogP contribution in [0.4, 0.5) is 0 Å². The van der Waals surface area contributed by atoms with Crippen molar-refractivity contribution in [3.8, 4) is 11.5 Å². The van der Waals surface area contributed by atoms with E-state index < -0.39 is 11.9 Å². The number of hydrogen-bond acceptors (Lipinski definition) is 4. The fraction of sp³-hybridized carbons (Fsp3) is 0.267. The summed E-state index contributed by atoms with van der Waals surface area (Å²) < 4.78 is 5.30. The molecule has 0 aliphatic rings.